The number of hydrogen-bond acceptors (Lipinski definition) is 2. The molecule has 0 bridgehead atoms. The summed E-state index contributed by atoms with van der Waals surface area (Å²) in [7, 11) is 0. The first-order valence-electron chi connectivity index (χ1n) is 6.18. The van der Waals surface area contributed by atoms with Crippen LogP contribution >= 0.6 is 12.2 Å². The van der Waals surface area contributed by atoms with Crippen LogP contribution in [0.1, 0.15) is 42.6 Å². The van der Waals surface area contributed by atoms with Crippen molar-refractivity contribution in [2.75, 3.05) is 6.54 Å². The molecule has 3 N–H and O–H groups in total. The van der Waals surface area contributed by atoms with E-state index in [0.29, 0.717) is 23.0 Å². The molecule has 98 valence electrons. The Labute approximate surface area is 114 Å². The van der Waals surface area contributed by atoms with E-state index in [9.17, 15) is 4.79 Å². The van der Waals surface area contributed by atoms with E-state index in [-0.39, 0.29) is 5.91 Å². The van der Waals surface area contributed by atoms with Gasteiger partial charge in [0.05, 0.1) is 0 Å². The molecule has 4 heteroatoms. The first kappa shape index (κ1) is 14.6. The van der Waals surface area contributed by atoms with Gasteiger partial charge in [0, 0.05) is 17.7 Å². The lowest BCUT2D eigenvalue weighted by Crippen LogP contribution is -2.24. The Hall–Kier alpha value is -1.42. The van der Waals surface area contributed by atoms with Gasteiger partial charge in [-0.2, -0.15) is 0 Å². The molecule has 0 radical (unpaired) electrons. The predicted molar refractivity (Wildman–Crippen MR) is 78.7 cm³/mol. The molecule has 0 fully saturated rings. The van der Waals surface area contributed by atoms with Crippen molar-refractivity contribution in [3.63, 3.8) is 0 Å². The van der Waals surface area contributed by atoms with E-state index in [4.69, 9.17) is 18.0 Å². The number of benzene rings is 1. The molecule has 1 aromatic carbocycles. The number of carbonyl (C=O) groups is 1. The lowest BCUT2D eigenvalue weighted by atomic mass is 10.1. The molecular weight excluding hydrogens is 244 g/mol. The van der Waals surface area contributed by atoms with Crippen LogP contribution < -0.4 is 11.1 Å². The van der Waals surface area contributed by atoms with Crippen LogP contribution in [-0.2, 0) is 0 Å². The molecule has 0 spiro atoms. The zero-order chi connectivity index (χ0) is 13.5. The van der Waals surface area contributed by atoms with Gasteiger partial charge < -0.3 is 11.1 Å². The van der Waals surface area contributed by atoms with Gasteiger partial charge in [-0.25, -0.2) is 0 Å². The molecule has 1 aromatic rings. The average Bonchev–Trinajstić information content (AvgIpc) is 2.34. The highest BCUT2D eigenvalue weighted by Gasteiger charge is 2.05. The van der Waals surface area contributed by atoms with Crippen molar-refractivity contribution in [1.82, 2.24) is 5.32 Å². The van der Waals surface area contributed by atoms with E-state index in [0.717, 1.165) is 18.4 Å². The third kappa shape index (κ3) is 4.84. The van der Waals surface area contributed by atoms with Crippen LogP contribution in [0.25, 0.3) is 0 Å². The van der Waals surface area contributed by atoms with Gasteiger partial charge in [-0.15, -0.1) is 0 Å². The normalized spacial score (nSPS) is 10.4. The summed E-state index contributed by atoms with van der Waals surface area (Å²) in [6.45, 7) is 5.07. The topological polar surface area (TPSA) is 55.1 Å². The fourth-order valence-corrected chi connectivity index (χ4v) is 1.74. The first-order valence-corrected chi connectivity index (χ1v) is 6.59. The molecule has 3 nitrogen and oxygen atoms in total. The number of carbonyl (C=O) groups excluding carboxylic acids is 1. The van der Waals surface area contributed by atoms with Crippen LogP contribution in [0.15, 0.2) is 24.3 Å². The summed E-state index contributed by atoms with van der Waals surface area (Å²) in [5, 5.41) is 2.90. The minimum absolute atomic E-state index is 0.0479. The molecule has 0 saturated heterocycles. The quantitative estimate of drug-likeness (QED) is 0.613. The molecule has 0 aliphatic heterocycles. The first-order chi connectivity index (χ1) is 8.50. The standard InChI is InChI=1S/C14H20N2OS/c1-10(2)4-3-9-16-14(17)12-7-5-11(6-8-12)13(15)18/h5-8,10H,3-4,9H2,1-2H3,(H2,15,18)(H,16,17). The molecule has 1 amide bonds. The van der Waals surface area contributed by atoms with Crippen LogP contribution in [0.4, 0.5) is 0 Å². The zero-order valence-corrected chi connectivity index (χ0v) is 11.7. The van der Waals surface area contributed by atoms with Crippen LogP contribution in [0.5, 0.6) is 0 Å². The van der Waals surface area contributed by atoms with Crippen LogP contribution in [0.2, 0.25) is 0 Å². The molecule has 0 heterocycles. The highest BCUT2D eigenvalue weighted by atomic mass is 32.1. The van der Waals surface area contributed by atoms with Crippen LogP contribution in [0, 0.1) is 5.92 Å². The van der Waals surface area contributed by atoms with E-state index in [1.165, 1.54) is 0 Å². The van der Waals surface area contributed by atoms with Crippen molar-refractivity contribution in [2.24, 2.45) is 11.7 Å². The number of nitrogens with one attached hydrogen (secondary N) is 1. The fraction of sp³-hybridized carbons (Fsp3) is 0.429. The summed E-state index contributed by atoms with van der Waals surface area (Å²) in [4.78, 5) is 12.1. The van der Waals surface area contributed by atoms with Gasteiger partial charge >= 0.3 is 0 Å². The van der Waals surface area contributed by atoms with Gasteiger partial charge in [0.15, 0.2) is 0 Å². The van der Waals surface area contributed by atoms with Gasteiger partial charge in [-0.3, -0.25) is 4.79 Å². The fourth-order valence-electron chi connectivity index (χ4n) is 1.60. The molecule has 0 aromatic heterocycles. The maximum absolute atomic E-state index is 11.8. The van der Waals surface area contributed by atoms with Crippen molar-refractivity contribution >= 4 is 23.1 Å². The minimum Gasteiger partial charge on any atom is -0.389 e. The summed E-state index contributed by atoms with van der Waals surface area (Å²) in [6, 6.07) is 7.02. The van der Waals surface area contributed by atoms with Crippen molar-refractivity contribution in [3.05, 3.63) is 35.4 Å². The Kier molecular flexibility index (Phi) is 5.78. The second-order valence-electron chi connectivity index (χ2n) is 4.73. The molecule has 0 atom stereocenters. The minimum atomic E-state index is -0.0479. The van der Waals surface area contributed by atoms with Gasteiger partial charge in [0.1, 0.15) is 4.99 Å². The Balaban J connectivity index is 2.44. The monoisotopic (exact) mass is 264 g/mol. The molecule has 0 aliphatic carbocycles. The predicted octanol–water partition coefficient (Wildman–Crippen LogP) is 2.49. The highest BCUT2D eigenvalue weighted by Crippen LogP contribution is 2.05. The second kappa shape index (κ2) is 7.11. The number of thiocarbonyl (C=S) groups is 1. The van der Waals surface area contributed by atoms with Crippen molar-refractivity contribution in [1.29, 1.82) is 0 Å². The lowest BCUT2D eigenvalue weighted by Gasteiger charge is -2.07. The van der Waals surface area contributed by atoms with Crippen molar-refractivity contribution in [3.8, 4) is 0 Å². The maximum atomic E-state index is 11.8. The number of rotatable bonds is 6. The summed E-state index contributed by atoms with van der Waals surface area (Å²) in [5.41, 5.74) is 6.91. The van der Waals surface area contributed by atoms with Gasteiger partial charge in [0.25, 0.3) is 5.91 Å². The van der Waals surface area contributed by atoms with Crippen molar-refractivity contribution < 1.29 is 4.79 Å². The van der Waals surface area contributed by atoms with Crippen LogP contribution in [0.3, 0.4) is 0 Å². The molecular formula is C14H20N2OS. The van der Waals surface area contributed by atoms with Gasteiger partial charge in [-0.1, -0.05) is 38.2 Å². The van der Waals surface area contributed by atoms with Crippen LogP contribution in [-0.4, -0.2) is 17.4 Å². The SMILES string of the molecule is CC(C)CCCNC(=O)c1ccc(C(N)=S)cc1. The van der Waals surface area contributed by atoms with E-state index < -0.39 is 0 Å². The second-order valence-corrected chi connectivity index (χ2v) is 5.17. The summed E-state index contributed by atoms with van der Waals surface area (Å²) in [6.07, 6.45) is 2.13. The van der Waals surface area contributed by atoms with Crippen molar-refractivity contribution in [2.45, 2.75) is 26.7 Å². The smallest absolute Gasteiger partial charge is 0.251 e. The number of hydrogen-bond donors (Lipinski definition) is 2. The van der Waals surface area contributed by atoms with E-state index in [1.807, 2.05) is 0 Å². The van der Waals surface area contributed by atoms with E-state index in [2.05, 4.69) is 19.2 Å². The summed E-state index contributed by atoms with van der Waals surface area (Å²) >= 11 is 4.86. The maximum Gasteiger partial charge on any atom is 0.251 e. The molecule has 0 unspecified atom stereocenters. The number of nitrogens with two attached hydrogens (primary N) is 1. The Bertz CT molecular complexity index is 412. The Morgan fingerprint density at radius 1 is 1.28 bits per heavy atom. The molecule has 1 rings (SSSR count). The lowest BCUT2D eigenvalue weighted by molar-refractivity contribution is 0.0952. The average molecular weight is 264 g/mol. The largest absolute Gasteiger partial charge is 0.389 e. The van der Waals surface area contributed by atoms with E-state index >= 15 is 0 Å². The van der Waals surface area contributed by atoms with Gasteiger partial charge in [0.2, 0.25) is 0 Å². The number of amides is 1. The molecule has 0 aliphatic rings. The molecule has 18 heavy (non-hydrogen) atoms. The third-order valence-corrected chi connectivity index (χ3v) is 2.91. The molecule has 0 saturated carbocycles. The Morgan fingerprint density at radius 3 is 2.33 bits per heavy atom. The summed E-state index contributed by atoms with van der Waals surface area (Å²) in [5.74, 6) is 0.625. The third-order valence-electron chi connectivity index (χ3n) is 2.68. The van der Waals surface area contributed by atoms with E-state index in [1.54, 1.807) is 24.3 Å². The van der Waals surface area contributed by atoms with Gasteiger partial charge in [-0.05, 0) is 30.9 Å². The zero-order valence-electron chi connectivity index (χ0n) is 10.9. The highest BCUT2D eigenvalue weighted by molar-refractivity contribution is 7.80. The summed E-state index contributed by atoms with van der Waals surface area (Å²) < 4.78 is 0. The Morgan fingerprint density at radius 2 is 1.83 bits per heavy atom.